The first-order valence-electron chi connectivity index (χ1n) is 8.43. The minimum absolute atomic E-state index is 0.00881. The summed E-state index contributed by atoms with van der Waals surface area (Å²) in [7, 11) is 5.60. The predicted octanol–water partition coefficient (Wildman–Crippen LogP) is 3.40. The van der Waals surface area contributed by atoms with Gasteiger partial charge in [0.15, 0.2) is 0 Å². The number of carbonyl (C=O) groups excluding carboxylic acids is 1. The molecule has 4 heteroatoms. The van der Waals surface area contributed by atoms with E-state index in [2.05, 4.69) is 72.4 Å². The minimum atomic E-state index is -0.332. The Morgan fingerprint density at radius 3 is 1.72 bits per heavy atom. The molecule has 0 amide bonds. The van der Waals surface area contributed by atoms with Crippen molar-refractivity contribution in [2.45, 2.75) is 18.2 Å². The van der Waals surface area contributed by atoms with Gasteiger partial charge in [-0.2, -0.15) is 0 Å². The van der Waals surface area contributed by atoms with Crippen molar-refractivity contribution in [2.24, 2.45) is 0 Å². The molecule has 1 fully saturated rings. The summed E-state index contributed by atoms with van der Waals surface area (Å²) in [5.74, 6) is -0.332. The largest absolute Gasteiger partial charge is 0.466 e. The summed E-state index contributed by atoms with van der Waals surface area (Å²) in [6.07, 6.45) is 3.42. The van der Waals surface area contributed by atoms with E-state index in [1.807, 2.05) is 18.2 Å². The van der Waals surface area contributed by atoms with Crippen molar-refractivity contribution in [1.82, 2.24) is 9.80 Å². The highest BCUT2D eigenvalue weighted by Gasteiger charge is 2.43. The molecule has 0 N–H and O–H groups in total. The quantitative estimate of drug-likeness (QED) is 0.633. The van der Waals surface area contributed by atoms with Gasteiger partial charge in [-0.15, -0.1) is 0 Å². The zero-order chi connectivity index (χ0) is 17.8. The number of carbonyl (C=O) groups is 1. The Balaban J connectivity index is 2.00. The third-order valence-corrected chi connectivity index (χ3v) is 4.90. The molecule has 2 aromatic carbocycles. The van der Waals surface area contributed by atoms with Gasteiger partial charge in [-0.1, -0.05) is 60.7 Å². The van der Waals surface area contributed by atoms with Crippen molar-refractivity contribution >= 4 is 5.97 Å². The van der Waals surface area contributed by atoms with E-state index in [4.69, 9.17) is 4.74 Å². The van der Waals surface area contributed by atoms with Crippen LogP contribution < -0.4 is 0 Å². The highest BCUT2D eigenvalue weighted by molar-refractivity contribution is 5.81. The molecule has 0 bridgehead atoms. The van der Waals surface area contributed by atoms with Gasteiger partial charge in [-0.3, -0.25) is 9.80 Å². The summed E-state index contributed by atoms with van der Waals surface area (Å²) in [4.78, 5) is 16.1. The van der Waals surface area contributed by atoms with Gasteiger partial charge in [-0.05, 0) is 31.3 Å². The summed E-state index contributed by atoms with van der Waals surface area (Å²) in [6, 6.07) is 21.4. The van der Waals surface area contributed by atoms with Gasteiger partial charge in [0.1, 0.15) is 0 Å². The lowest BCUT2D eigenvalue weighted by molar-refractivity contribution is -0.134. The summed E-state index contributed by atoms with van der Waals surface area (Å²) in [6.45, 7) is 0. The van der Waals surface area contributed by atoms with E-state index in [0.29, 0.717) is 0 Å². The summed E-state index contributed by atoms with van der Waals surface area (Å²) in [5, 5.41) is 0. The van der Waals surface area contributed by atoms with Crippen molar-refractivity contribution in [2.75, 3.05) is 21.2 Å². The molecular weight excluding hydrogens is 312 g/mol. The Hall–Kier alpha value is -2.43. The second-order valence-corrected chi connectivity index (χ2v) is 6.34. The molecule has 0 unspecified atom stereocenters. The molecule has 2 atom stereocenters. The Morgan fingerprint density at radius 2 is 1.32 bits per heavy atom. The Labute approximate surface area is 149 Å². The predicted molar refractivity (Wildman–Crippen MR) is 98.8 cm³/mol. The van der Waals surface area contributed by atoms with Crippen LogP contribution in [0, 0.1) is 0 Å². The van der Waals surface area contributed by atoms with Crippen LogP contribution in [0.25, 0.3) is 0 Å². The van der Waals surface area contributed by atoms with Crippen LogP contribution in [0.15, 0.2) is 72.8 Å². The van der Waals surface area contributed by atoms with Gasteiger partial charge >= 0.3 is 5.97 Å². The molecule has 1 saturated heterocycles. The summed E-state index contributed by atoms with van der Waals surface area (Å²) >= 11 is 0. The molecule has 2 aromatic rings. The zero-order valence-corrected chi connectivity index (χ0v) is 14.9. The topological polar surface area (TPSA) is 32.8 Å². The molecule has 3 rings (SSSR count). The van der Waals surface area contributed by atoms with Crippen molar-refractivity contribution in [3.8, 4) is 0 Å². The van der Waals surface area contributed by atoms with Crippen molar-refractivity contribution in [3.63, 3.8) is 0 Å². The first-order chi connectivity index (χ1) is 12.1. The van der Waals surface area contributed by atoms with Crippen molar-refractivity contribution in [3.05, 3.63) is 83.9 Å². The minimum Gasteiger partial charge on any atom is -0.466 e. The maximum absolute atomic E-state index is 11.5. The SMILES string of the molecule is COC(=O)C=CC1N(C)[C@H](c2ccccc2)[C@@H](c2ccccc2)N1C. The maximum Gasteiger partial charge on any atom is 0.330 e. The number of likely N-dealkylation sites (N-methyl/N-ethyl adjacent to an activating group) is 2. The number of esters is 1. The monoisotopic (exact) mass is 336 g/mol. The fourth-order valence-electron chi connectivity index (χ4n) is 3.70. The summed E-state index contributed by atoms with van der Waals surface area (Å²) in [5.41, 5.74) is 2.53. The average Bonchev–Trinajstić information content (AvgIpc) is 2.91. The normalized spacial score (nSPS) is 22.5. The molecule has 25 heavy (non-hydrogen) atoms. The molecular formula is C21H24N2O2. The lowest BCUT2D eigenvalue weighted by Gasteiger charge is -2.26. The number of benzene rings is 2. The molecule has 1 aliphatic rings. The number of rotatable bonds is 4. The average molecular weight is 336 g/mol. The van der Waals surface area contributed by atoms with E-state index in [0.717, 1.165) is 0 Å². The van der Waals surface area contributed by atoms with Crippen LogP contribution in [-0.4, -0.2) is 43.1 Å². The first-order valence-corrected chi connectivity index (χ1v) is 8.43. The second kappa shape index (κ2) is 7.64. The molecule has 1 heterocycles. The Morgan fingerprint density at radius 1 is 0.880 bits per heavy atom. The van der Waals surface area contributed by atoms with E-state index in [1.165, 1.54) is 24.3 Å². The van der Waals surface area contributed by atoms with Crippen LogP contribution in [0.2, 0.25) is 0 Å². The zero-order valence-electron chi connectivity index (χ0n) is 14.9. The smallest absolute Gasteiger partial charge is 0.330 e. The number of nitrogens with zero attached hydrogens (tertiary/aromatic N) is 2. The van der Waals surface area contributed by atoms with Gasteiger partial charge in [0.05, 0.1) is 25.4 Å². The van der Waals surface area contributed by atoms with E-state index >= 15 is 0 Å². The van der Waals surface area contributed by atoms with Gasteiger partial charge in [-0.25, -0.2) is 4.79 Å². The summed E-state index contributed by atoms with van der Waals surface area (Å²) < 4.78 is 4.74. The molecule has 0 radical (unpaired) electrons. The van der Waals surface area contributed by atoms with Gasteiger partial charge in [0.25, 0.3) is 0 Å². The molecule has 0 saturated carbocycles. The molecule has 0 spiro atoms. The molecule has 0 aliphatic carbocycles. The van der Waals surface area contributed by atoms with Crippen LogP contribution in [0.3, 0.4) is 0 Å². The van der Waals surface area contributed by atoms with Crippen LogP contribution in [0.1, 0.15) is 23.2 Å². The van der Waals surface area contributed by atoms with Crippen molar-refractivity contribution in [1.29, 1.82) is 0 Å². The van der Waals surface area contributed by atoms with Crippen LogP contribution in [0.5, 0.6) is 0 Å². The maximum atomic E-state index is 11.5. The van der Waals surface area contributed by atoms with E-state index in [1.54, 1.807) is 0 Å². The van der Waals surface area contributed by atoms with E-state index in [-0.39, 0.29) is 24.2 Å². The van der Waals surface area contributed by atoms with E-state index < -0.39 is 0 Å². The van der Waals surface area contributed by atoms with Crippen LogP contribution in [-0.2, 0) is 9.53 Å². The van der Waals surface area contributed by atoms with Crippen LogP contribution >= 0.6 is 0 Å². The lowest BCUT2D eigenvalue weighted by Crippen LogP contribution is -2.33. The second-order valence-electron chi connectivity index (χ2n) is 6.34. The first kappa shape index (κ1) is 17.4. The standard InChI is InChI=1S/C21H24N2O2/c1-22-18(14-15-19(24)25-3)23(2)21(17-12-8-5-9-13-17)20(22)16-10-6-4-7-11-16/h4-15,18,20-21H,1-3H3/t20-,21-/m1/s1. The highest BCUT2D eigenvalue weighted by atomic mass is 16.5. The van der Waals surface area contributed by atoms with Crippen molar-refractivity contribution < 1.29 is 9.53 Å². The van der Waals surface area contributed by atoms with Gasteiger partial charge in [0.2, 0.25) is 0 Å². The Bertz CT molecular complexity index is 679. The number of hydrogen-bond acceptors (Lipinski definition) is 4. The number of ether oxygens (including phenoxy) is 1. The number of hydrogen-bond donors (Lipinski definition) is 0. The molecule has 130 valence electrons. The van der Waals surface area contributed by atoms with Gasteiger partial charge in [0, 0.05) is 6.08 Å². The molecule has 4 nitrogen and oxygen atoms in total. The number of methoxy groups -OCH3 is 1. The third kappa shape index (κ3) is 3.50. The third-order valence-electron chi connectivity index (χ3n) is 4.90. The molecule has 1 aliphatic heterocycles. The molecule has 0 aromatic heterocycles. The Kier molecular flexibility index (Phi) is 5.31. The van der Waals surface area contributed by atoms with Gasteiger partial charge < -0.3 is 4.74 Å². The highest BCUT2D eigenvalue weighted by Crippen LogP contribution is 2.45. The van der Waals surface area contributed by atoms with E-state index in [9.17, 15) is 4.79 Å². The fraction of sp³-hybridized carbons (Fsp3) is 0.286. The van der Waals surface area contributed by atoms with Crippen LogP contribution in [0.4, 0.5) is 0 Å². The fourth-order valence-corrected chi connectivity index (χ4v) is 3.70. The lowest BCUT2D eigenvalue weighted by atomic mass is 9.93.